The van der Waals surface area contributed by atoms with Crippen LogP contribution in [0.15, 0.2) is 53.3 Å². The third-order valence-corrected chi connectivity index (χ3v) is 3.82. The molecule has 3 aromatic rings. The number of aliphatic hydroxyl groups excluding tert-OH is 1. The van der Waals surface area contributed by atoms with Gasteiger partial charge in [-0.25, -0.2) is 8.78 Å². The molecule has 3 N–H and O–H groups in total. The van der Waals surface area contributed by atoms with E-state index in [0.717, 1.165) is 18.2 Å². The number of H-pyrrole nitrogens is 1. The molecule has 1 heterocycles. The third-order valence-electron chi connectivity index (χ3n) is 3.82. The van der Waals surface area contributed by atoms with Crippen molar-refractivity contribution >= 4 is 16.7 Å². The predicted molar refractivity (Wildman–Crippen MR) is 88.2 cm³/mol. The number of nitrogens with one attached hydrogen (secondary N) is 2. The van der Waals surface area contributed by atoms with E-state index in [4.69, 9.17) is 0 Å². The lowest BCUT2D eigenvalue weighted by Crippen LogP contribution is -2.33. The summed E-state index contributed by atoms with van der Waals surface area (Å²) in [5.41, 5.74) is -0.668. The molecule has 0 fully saturated rings. The van der Waals surface area contributed by atoms with Crippen LogP contribution < -0.4 is 10.9 Å². The first kappa shape index (κ1) is 16.8. The van der Waals surface area contributed by atoms with Crippen LogP contribution in [0.25, 0.3) is 10.8 Å². The molecule has 1 amide bonds. The minimum Gasteiger partial charge on any atom is -0.394 e. The van der Waals surface area contributed by atoms with E-state index >= 15 is 0 Å². The number of amides is 1. The molecule has 0 radical (unpaired) electrons. The van der Waals surface area contributed by atoms with Crippen LogP contribution in [0.2, 0.25) is 0 Å². The van der Waals surface area contributed by atoms with Gasteiger partial charge in [0.05, 0.1) is 12.6 Å². The number of carbonyl (C=O) groups excluding carboxylic acids is 1. The molecule has 0 aliphatic carbocycles. The molecule has 128 valence electrons. The Balaban J connectivity index is 1.93. The van der Waals surface area contributed by atoms with Crippen LogP contribution in [0.5, 0.6) is 0 Å². The summed E-state index contributed by atoms with van der Waals surface area (Å²) in [5.74, 6) is -2.17. The average Bonchev–Trinajstić information content (AvgIpc) is 2.61. The van der Waals surface area contributed by atoms with Crippen LogP contribution in [0.3, 0.4) is 0 Å². The normalized spacial score (nSPS) is 12.1. The van der Waals surface area contributed by atoms with Crippen LogP contribution in [0, 0.1) is 11.6 Å². The Kier molecular flexibility index (Phi) is 4.58. The Morgan fingerprint density at radius 1 is 1.16 bits per heavy atom. The molecule has 0 aliphatic rings. The van der Waals surface area contributed by atoms with Crippen molar-refractivity contribution in [2.45, 2.75) is 6.04 Å². The SMILES string of the molecule is O=C(NC(CO)c1cc(F)ccc1F)c1cc2ccccc2c(=O)[nH]1. The Morgan fingerprint density at radius 3 is 2.68 bits per heavy atom. The van der Waals surface area contributed by atoms with E-state index in [1.807, 2.05) is 0 Å². The van der Waals surface area contributed by atoms with E-state index in [9.17, 15) is 23.5 Å². The molecule has 0 bridgehead atoms. The second-order valence-electron chi connectivity index (χ2n) is 5.47. The van der Waals surface area contributed by atoms with E-state index in [1.165, 1.54) is 6.07 Å². The summed E-state index contributed by atoms with van der Waals surface area (Å²) >= 11 is 0. The first-order valence-corrected chi connectivity index (χ1v) is 7.48. The highest BCUT2D eigenvalue weighted by Gasteiger charge is 2.20. The molecular formula is C18H14F2N2O3. The minimum absolute atomic E-state index is 0.0426. The number of halogens is 2. The summed E-state index contributed by atoms with van der Waals surface area (Å²) in [4.78, 5) is 26.8. The molecule has 0 saturated carbocycles. The molecule has 0 aliphatic heterocycles. The van der Waals surface area contributed by atoms with Crippen LogP contribution in [-0.4, -0.2) is 22.6 Å². The number of pyridine rings is 1. The zero-order valence-corrected chi connectivity index (χ0v) is 12.9. The summed E-state index contributed by atoms with van der Waals surface area (Å²) in [6, 6.07) is 9.80. The van der Waals surface area contributed by atoms with E-state index in [0.29, 0.717) is 10.8 Å². The fourth-order valence-electron chi connectivity index (χ4n) is 2.57. The molecule has 1 unspecified atom stereocenters. The van der Waals surface area contributed by atoms with Gasteiger partial charge in [0.25, 0.3) is 11.5 Å². The number of benzene rings is 2. The lowest BCUT2D eigenvalue weighted by Gasteiger charge is -2.17. The van der Waals surface area contributed by atoms with Crippen molar-refractivity contribution in [3.63, 3.8) is 0 Å². The first-order chi connectivity index (χ1) is 12.0. The van der Waals surface area contributed by atoms with Gasteiger partial charge in [0, 0.05) is 10.9 Å². The molecule has 5 nitrogen and oxygen atoms in total. The number of aromatic amines is 1. The number of hydrogen-bond donors (Lipinski definition) is 3. The topological polar surface area (TPSA) is 82.2 Å². The van der Waals surface area contributed by atoms with Gasteiger partial charge < -0.3 is 15.4 Å². The van der Waals surface area contributed by atoms with E-state index in [-0.39, 0.29) is 11.3 Å². The molecule has 0 saturated heterocycles. The van der Waals surface area contributed by atoms with Crippen molar-refractivity contribution in [1.29, 1.82) is 0 Å². The fraction of sp³-hybridized carbons (Fsp3) is 0.111. The molecule has 1 atom stereocenters. The average molecular weight is 344 g/mol. The molecular weight excluding hydrogens is 330 g/mol. The minimum atomic E-state index is -1.15. The van der Waals surface area contributed by atoms with Gasteiger partial charge in [0.15, 0.2) is 0 Å². The Hall–Kier alpha value is -3.06. The first-order valence-electron chi connectivity index (χ1n) is 7.48. The van der Waals surface area contributed by atoms with E-state index in [1.54, 1.807) is 24.3 Å². The summed E-state index contributed by atoms with van der Waals surface area (Å²) in [6.45, 7) is -0.635. The smallest absolute Gasteiger partial charge is 0.268 e. The summed E-state index contributed by atoms with van der Waals surface area (Å²) < 4.78 is 27.2. The van der Waals surface area contributed by atoms with Gasteiger partial charge >= 0.3 is 0 Å². The quantitative estimate of drug-likeness (QED) is 0.679. The number of fused-ring (bicyclic) bond motifs is 1. The van der Waals surface area contributed by atoms with Crippen LogP contribution >= 0.6 is 0 Å². The van der Waals surface area contributed by atoms with Crippen LogP contribution in [0.1, 0.15) is 22.1 Å². The maximum absolute atomic E-state index is 13.8. The monoisotopic (exact) mass is 344 g/mol. The highest BCUT2D eigenvalue weighted by atomic mass is 19.1. The number of hydrogen-bond acceptors (Lipinski definition) is 3. The Morgan fingerprint density at radius 2 is 1.92 bits per heavy atom. The van der Waals surface area contributed by atoms with Crippen molar-refractivity contribution in [2.75, 3.05) is 6.61 Å². The maximum atomic E-state index is 13.8. The van der Waals surface area contributed by atoms with Gasteiger partial charge in [-0.2, -0.15) is 0 Å². The third kappa shape index (κ3) is 3.41. The largest absolute Gasteiger partial charge is 0.394 e. The van der Waals surface area contributed by atoms with Crippen LogP contribution in [-0.2, 0) is 0 Å². The zero-order chi connectivity index (χ0) is 18.0. The highest BCUT2D eigenvalue weighted by Crippen LogP contribution is 2.19. The molecule has 2 aromatic carbocycles. The van der Waals surface area contributed by atoms with Crippen molar-refractivity contribution < 1.29 is 18.7 Å². The maximum Gasteiger partial charge on any atom is 0.268 e. The Labute approximate surface area is 140 Å². The summed E-state index contributed by atoms with van der Waals surface area (Å²) in [6.07, 6.45) is 0. The number of aliphatic hydroxyl groups is 1. The Bertz CT molecular complexity index is 1000. The molecule has 7 heteroatoms. The molecule has 25 heavy (non-hydrogen) atoms. The summed E-state index contributed by atoms with van der Waals surface area (Å²) in [5, 5.41) is 12.8. The number of carbonyl (C=O) groups is 1. The second-order valence-corrected chi connectivity index (χ2v) is 5.47. The standard InChI is InChI=1S/C18H14F2N2O3/c19-11-5-6-14(20)13(8-11)16(9-23)22-18(25)15-7-10-3-1-2-4-12(10)17(24)21-15/h1-8,16,23H,9H2,(H,21,24)(H,22,25). The van der Waals surface area contributed by atoms with Gasteiger partial charge in [0.1, 0.15) is 17.3 Å². The van der Waals surface area contributed by atoms with Gasteiger partial charge in [-0.3, -0.25) is 9.59 Å². The predicted octanol–water partition coefficient (Wildman–Crippen LogP) is 2.27. The van der Waals surface area contributed by atoms with Gasteiger partial charge in [-0.1, -0.05) is 18.2 Å². The van der Waals surface area contributed by atoms with E-state index in [2.05, 4.69) is 10.3 Å². The lowest BCUT2D eigenvalue weighted by molar-refractivity contribution is 0.0910. The number of aromatic nitrogens is 1. The van der Waals surface area contributed by atoms with Gasteiger partial charge in [0.2, 0.25) is 0 Å². The number of rotatable bonds is 4. The molecule has 0 spiro atoms. The van der Waals surface area contributed by atoms with Crippen molar-refractivity contribution in [1.82, 2.24) is 10.3 Å². The van der Waals surface area contributed by atoms with Crippen molar-refractivity contribution in [3.05, 3.63) is 81.8 Å². The summed E-state index contributed by atoms with van der Waals surface area (Å²) in [7, 11) is 0. The lowest BCUT2D eigenvalue weighted by atomic mass is 10.1. The van der Waals surface area contributed by atoms with Crippen LogP contribution in [0.4, 0.5) is 8.78 Å². The van der Waals surface area contributed by atoms with E-state index < -0.39 is 35.7 Å². The molecule has 1 aromatic heterocycles. The second kappa shape index (κ2) is 6.82. The molecule has 3 rings (SSSR count). The van der Waals surface area contributed by atoms with Crippen molar-refractivity contribution in [2.24, 2.45) is 0 Å². The van der Waals surface area contributed by atoms with Crippen molar-refractivity contribution in [3.8, 4) is 0 Å². The zero-order valence-electron chi connectivity index (χ0n) is 12.9. The highest BCUT2D eigenvalue weighted by molar-refractivity contribution is 5.96. The van der Waals surface area contributed by atoms with Gasteiger partial charge in [-0.05, 0) is 35.7 Å². The fourth-order valence-corrected chi connectivity index (χ4v) is 2.57. The van der Waals surface area contributed by atoms with Gasteiger partial charge in [-0.15, -0.1) is 0 Å².